The van der Waals surface area contributed by atoms with Crippen molar-refractivity contribution < 1.29 is 18.9 Å². The SMILES string of the molecule is O=C(C[NH+]1CCCCC1)NCC(=O)Nc1ccc(F)cc1. The Morgan fingerprint density at radius 2 is 1.71 bits per heavy atom. The molecule has 1 aliphatic rings. The van der Waals surface area contributed by atoms with Gasteiger partial charge in [0, 0.05) is 5.69 Å². The van der Waals surface area contributed by atoms with Crippen molar-refractivity contribution in [2.24, 2.45) is 0 Å². The summed E-state index contributed by atoms with van der Waals surface area (Å²) in [5.74, 6) is -0.782. The molecule has 2 rings (SSSR count). The number of rotatable bonds is 5. The van der Waals surface area contributed by atoms with Crippen molar-refractivity contribution in [2.45, 2.75) is 19.3 Å². The zero-order valence-corrected chi connectivity index (χ0v) is 12.0. The van der Waals surface area contributed by atoms with Crippen LogP contribution in [-0.4, -0.2) is 38.0 Å². The van der Waals surface area contributed by atoms with Crippen LogP contribution >= 0.6 is 0 Å². The third-order valence-electron chi connectivity index (χ3n) is 3.55. The summed E-state index contributed by atoms with van der Waals surface area (Å²) in [6, 6.07) is 5.50. The normalized spacial score (nSPS) is 15.5. The van der Waals surface area contributed by atoms with Gasteiger partial charge in [-0.2, -0.15) is 0 Å². The van der Waals surface area contributed by atoms with Crippen molar-refractivity contribution in [3.63, 3.8) is 0 Å². The largest absolute Gasteiger partial charge is 0.342 e. The molecule has 0 atom stereocenters. The van der Waals surface area contributed by atoms with Crippen molar-refractivity contribution in [3.05, 3.63) is 30.1 Å². The first-order valence-corrected chi connectivity index (χ1v) is 7.29. The molecule has 1 fully saturated rings. The van der Waals surface area contributed by atoms with Crippen LogP contribution in [0, 0.1) is 5.82 Å². The molecule has 0 aliphatic carbocycles. The molecule has 114 valence electrons. The second-order valence-electron chi connectivity index (χ2n) is 5.32. The van der Waals surface area contributed by atoms with Crippen LogP contribution in [0.1, 0.15) is 19.3 Å². The van der Waals surface area contributed by atoms with Crippen LogP contribution < -0.4 is 15.5 Å². The molecule has 0 saturated carbocycles. The maximum absolute atomic E-state index is 12.7. The minimum absolute atomic E-state index is 0.0660. The van der Waals surface area contributed by atoms with Crippen LogP contribution in [0.5, 0.6) is 0 Å². The van der Waals surface area contributed by atoms with E-state index in [1.807, 2.05) is 0 Å². The molecular weight excluding hydrogens is 273 g/mol. The zero-order valence-electron chi connectivity index (χ0n) is 12.0. The summed E-state index contributed by atoms with van der Waals surface area (Å²) in [4.78, 5) is 24.7. The second kappa shape index (κ2) is 7.73. The Kier molecular flexibility index (Phi) is 5.68. The van der Waals surface area contributed by atoms with E-state index in [4.69, 9.17) is 0 Å². The summed E-state index contributed by atoms with van der Waals surface area (Å²) >= 11 is 0. The highest BCUT2D eigenvalue weighted by molar-refractivity contribution is 5.94. The lowest BCUT2D eigenvalue weighted by molar-refractivity contribution is -0.896. The number of quaternary nitrogens is 1. The molecule has 2 amide bonds. The van der Waals surface area contributed by atoms with Gasteiger partial charge in [-0.1, -0.05) is 0 Å². The van der Waals surface area contributed by atoms with Gasteiger partial charge in [-0.3, -0.25) is 9.59 Å². The lowest BCUT2D eigenvalue weighted by Gasteiger charge is -2.22. The fourth-order valence-electron chi connectivity index (χ4n) is 2.44. The van der Waals surface area contributed by atoms with Gasteiger partial charge in [0.15, 0.2) is 6.54 Å². The van der Waals surface area contributed by atoms with Crippen LogP contribution in [0.25, 0.3) is 0 Å². The summed E-state index contributed by atoms with van der Waals surface area (Å²) in [6.45, 7) is 2.40. The van der Waals surface area contributed by atoms with E-state index in [0.29, 0.717) is 12.2 Å². The Hall–Kier alpha value is -1.95. The van der Waals surface area contributed by atoms with E-state index < -0.39 is 0 Å². The summed E-state index contributed by atoms with van der Waals surface area (Å²) < 4.78 is 12.7. The summed E-state index contributed by atoms with van der Waals surface area (Å²) in [6.07, 6.45) is 3.56. The van der Waals surface area contributed by atoms with Crippen molar-refractivity contribution in [1.29, 1.82) is 0 Å². The Labute approximate surface area is 123 Å². The number of hydrogen-bond acceptors (Lipinski definition) is 2. The highest BCUT2D eigenvalue weighted by Crippen LogP contribution is 2.07. The van der Waals surface area contributed by atoms with Crippen LogP contribution in [0.15, 0.2) is 24.3 Å². The van der Waals surface area contributed by atoms with Gasteiger partial charge in [0.1, 0.15) is 5.82 Å². The van der Waals surface area contributed by atoms with Crippen molar-refractivity contribution in [1.82, 2.24) is 5.32 Å². The fraction of sp³-hybridized carbons (Fsp3) is 0.467. The maximum Gasteiger partial charge on any atom is 0.275 e. The lowest BCUT2D eigenvalue weighted by atomic mass is 10.1. The molecule has 1 heterocycles. The molecular formula is C15H21FN3O2+. The first-order valence-electron chi connectivity index (χ1n) is 7.29. The standard InChI is InChI=1S/C15H20FN3O2/c16-12-4-6-13(7-5-12)18-14(20)10-17-15(21)11-19-8-2-1-3-9-19/h4-7H,1-3,8-11H2,(H,17,21)(H,18,20)/p+1. The molecule has 0 unspecified atom stereocenters. The molecule has 6 heteroatoms. The predicted molar refractivity (Wildman–Crippen MR) is 77.5 cm³/mol. The molecule has 0 radical (unpaired) electrons. The lowest BCUT2D eigenvalue weighted by Crippen LogP contribution is -3.13. The van der Waals surface area contributed by atoms with Gasteiger partial charge >= 0.3 is 0 Å². The van der Waals surface area contributed by atoms with Crippen LogP contribution in [0.3, 0.4) is 0 Å². The van der Waals surface area contributed by atoms with Gasteiger partial charge < -0.3 is 15.5 Å². The van der Waals surface area contributed by atoms with Crippen LogP contribution in [0.4, 0.5) is 10.1 Å². The van der Waals surface area contributed by atoms with Gasteiger partial charge in [-0.15, -0.1) is 0 Å². The maximum atomic E-state index is 12.7. The first-order chi connectivity index (χ1) is 10.1. The molecule has 1 aromatic carbocycles. The van der Waals surface area contributed by atoms with E-state index in [0.717, 1.165) is 25.9 Å². The van der Waals surface area contributed by atoms with E-state index >= 15 is 0 Å². The van der Waals surface area contributed by atoms with E-state index in [1.165, 1.54) is 35.6 Å². The number of carbonyl (C=O) groups excluding carboxylic acids is 2. The molecule has 3 N–H and O–H groups in total. The number of likely N-dealkylation sites (tertiary alicyclic amines) is 1. The number of nitrogens with one attached hydrogen (secondary N) is 3. The summed E-state index contributed by atoms with van der Waals surface area (Å²) in [5, 5.41) is 5.22. The Bertz CT molecular complexity index is 484. The average Bonchev–Trinajstić information content (AvgIpc) is 2.49. The molecule has 1 saturated heterocycles. The minimum atomic E-state index is -0.356. The third-order valence-corrected chi connectivity index (χ3v) is 3.55. The number of hydrogen-bond donors (Lipinski definition) is 3. The molecule has 1 aliphatic heterocycles. The van der Waals surface area contributed by atoms with Crippen LogP contribution in [0.2, 0.25) is 0 Å². The second-order valence-corrected chi connectivity index (χ2v) is 5.32. The van der Waals surface area contributed by atoms with Crippen molar-refractivity contribution in [3.8, 4) is 0 Å². The Balaban J connectivity index is 1.68. The topological polar surface area (TPSA) is 62.6 Å². The van der Waals surface area contributed by atoms with E-state index in [2.05, 4.69) is 10.6 Å². The minimum Gasteiger partial charge on any atom is -0.342 e. The quantitative estimate of drug-likeness (QED) is 0.713. The van der Waals surface area contributed by atoms with E-state index in [9.17, 15) is 14.0 Å². The van der Waals surface area contributed by atoms with Gasteiger partial charge in [0.05, 0.1) is 19.6 Å². The molecule has 21 heavy (non-hydrogen) atoms. The zero-order chi connectivity index (χ0) is 15.1. The number of amides is 2. The number of carbonyl (C=O) groups is 2. The number of halogens is 1. The van der Waals surface area contributed by atoms with Gasteiger partial charge in [0.2, 0.25) is 5.91 Å². The van der Waals surface area contributed by atoms with Crippen molar-refractivity contribution in [2.75, 3.05) is 31.5 Å². The van der Waals surface area contributed by atoms with Crippen molar-refractivity contribution >= 4 is 17.5 Å². The van der Waals surface area contributed by atoms with E-state index in [-0.39, 0.29) is 24.2 Å². The molecule has 0 spiro atoms. The highest BCUT2D eigenvalue weighted by Gasteiger charge is 2.17. The predicted octanol–water partition coefficient (Wildman–Crippen LogP) is -0.0508. The van der Waals surface area contributed by atoms with Gasteiger partial charge in [0.25, 0.3) is 5.91 Å². The number of piperidine rings is 1. The Morgan fingerprint density at radius 3 is 2.38 bits per heavy atom. The molecule has 0 bridgehead atoms. The summed E-state index contributed by atoms with van der Waals surface area (Å²) in [7, 11) is 0. The number of benzene rings is 1. The average molecular weight is 294 g/mol. The third kappa shape index (κ3) is 5.51. The first kappa shape index (κ1) is 15.4. The smallest absolute Gasteiger partial charge is 0.275 e. The van der Waals surface area contributed by atoms with E-state index in [1.54, 1.807) is 0 Å². The molecule has 5 nitrogen and oxygen atoms in total. The van der Waals surface area contributed by atoms with Crippen LogP contribution in [-0.2, 0) is 9.59 Å². The molecule has 0 aromatic heterocycles. The highest BCUT2D eigenvalue weighted by atomic mass is 19.1. The number of anilines is 1. The summed E-state index contributed by atoms with van der Waals surface area (Å²) in [5.41, 5.74) is 0.511. The van der Waals surface area contributed by atoms with Gasteiger partial charge in [-0.25, -0.2) is 4.39 Å². The fourth-order valence-corrected chi connectivity index (χ4v) is 2.44. The molecule has 1 aromatic rings. The van der Waals surface area contributed by atoms with Gasteiger partial charge in [-0.05, 0) is 43.5 Å². The monoisotopic (exact) mass is 294 g/mol. The Morgan fingerprint density at radius 1 is 1.05 bits per heavy atom.